The van der Waals surface area contributed by atoms with Gasteiger partial charge >= 0.3 is 0 Å². The number of carbonyl (C=O) groups is 1. The molecule has 2 N–H and O–H groups in total. The summed E-state index contributed by atoms with van der Waals surface area (Å²) in [5, 5.41) is 6.11. The Kier molecular flexibility index (Phi) is 6.52. The van der Waals surface area contributed by atoms with Crippen molar-refractivity contribution in [3.05, 3.63) is 72.1 Å². The summed E-state index contributed by atoms with van der Waals surface area (Å²) < 4.78 is 15.8. The van der Waals surface area contributed by atoms with Crippen molar-refractivity contribution in [2.45, 2.75) is 6.54 Å². The van der Waals surface area contributed by atoms with Gasteiger partial charge in [0, 0.05) is 24.5 Å². The maximum absolute atomic E-state index is 12.5. The topological polar surface area (TPSA) is 81.7 Å². The third-order valence-corrected chi connectivity index (χ3v) is 4.29. The van der Waals surface area contributed by atoms with Crippen LogP contribution in [0.1, 0.15) is 16.1 Å². The van der Waals surface area contributed by atoms with Crippen molar-refractivity contribution in [2.24, 2.45) is 0 Å². The van der Waals surface area contributed by atoms with E-state index in [-0.39, 0.29) is 5.91 Å². The van der Waals surface area contributed by atoms with Crippen molar-refractivity contribution in [1.82, 2.24) is 10.3 Å². The number of anilines is 2. The van der Waals surface area contributed by atoms with E-state index in [1.807, 2.05) is 42.5 Å². The zero-order valence-corrected chi connectivity index (χ0v) is 16.6. The molecule has 1 aromatic heterocycles. The standard InChI is InChI=1S/C22H23N3O4/c1-27-17-6-4-15(5-7-17)14-24-22(26)20-12-16(10-11-23-20)25-19-13-18(28-2)8-9-21(19)29-3/h4-13H,14H2,1-3H3,(H,23,25)(H,24,26). The van der Waals surface area contributed by atoms with E-state index < -0.39 is 0 Å². The van der Waals surface area contributed by atoms with E-state index in [2.05, 4.69) is 15.6 Å². The highest BCUT2D eigenvalue weighted by Gasteiger charge is 2.10. The Bertz CT molecular complexity index is 974. The molecule has 150 valence electrons. The summed E-state index contributed by atoms with van der Waals surface area (Å²) in [4.78, 5) is 16.7. The van der Waals surface area contributed by atoms with E-state index in [1.165, 1.54) is 0 Å². The molecule has 0 aliphatic carbocycles. The van der Waals surface area contributed by atoms with Gasteiger partial charge < -0.3 is 24.8 Å². The molecular weight excluding hydrogens is 370 g/mol. The van der Waals surface area contributed by atoms with Crippen LogP contribution < -0.4 is 24.8 Å². The second kappa shape index (κ2) is 9.45. The average Bonchev–Trinajstić information content (AvgIpc) is 2.78. The monoisotopic (exact) mass is 393 g/mol. The zero-order chi connectivity index (χ0) is 20.6. The second-order valence-corrected chi connectivity index (χ2v) is 6.15. The van der Waals surface area contributed by atoms with Gasteiger partial charge in [-0.3, -0.25) is 9.78 Å². The lowest BCUT2D eigenvalue weighted by Crippen LogP contribution is -2.23. The van der Waals surface area contributed by atoms with E-state index >= 15 is 0 Å². The van der Waals surface area contributed by atoms with Gasteiger partial charge in [0.2, 0.25) is 0 Å². The van der Waals surface area contributed by atoms with Gasteiger partial charge in [-0.1, -0.05) is 12.1 Å². The lowest BCUT2D eigenvalue weighted by molar-refractivity contribution is 0.0946. The summed E-state index contributed by atoms with van der Waals surface area (Å²) in [6, 6.07) is 16.4. The number of nitrogens with zero attached hydrogens (tertiary/aromatic N) is 1. The van der Waals surface area contributed by atoms with Crippen LogP contribution >= 0.6 is 0 Å². The van der Waals surface area contributed by atoms with Crippen LogP contribution in [0.3, 0.4) is 0 Å². The first-order valence-corrected chi connectivity index (χ1v) is 8.99. The lowest BCUT2D eigenvalue weighted by Gasteiger charge is -2.13. The van der Waals surface area contributed by atoms with Gasteiger partial charge in [-0.15, -0.1) is 0 Å². The number of aromatic nitrogens is 1. The number of pyridine rings is 1. The van der Waals surface area contributed by atoms with Crippen LogP contribution in [-0.4, -0.2) is 32.2 Å². The minimum absolute atomic E-state index is 0.262. The highest BCUT2D eigenvalue weighted by Crippen LogP contribution is 2.31. The average molecular weight is 393 g/mol. The number of methoxy groups -OCH3 is 3. The van der Waals surface area contributed by atoms with Crippen molar-refractivity contribution in [3.8, 4) is 17.2 Å². The summed E-state index contributed by atoms with van der Waals surface area (Å²) >= 11 is 0. The number of ether oxygens (including phenoxy) is 3. The van der Waals surface area contributed by atoms with Crippen LogP contribution in [0.5, 0.6) is 17.2 Å². The Labute approximate surface area is 169 Å². The largest absolute Gasteiger partial charge is 0.497 e. The molecule has 3 rings (SSSR count). The van der Waals surface area contributed by atoms with Crippen LogP contribution in [0.4, 0.5) is 11.4 Å². The Morgan fingerprint density at radius 2 is 1.62 bits per heavy atom. The molecule has 0 unspecified atom stereocenters. The summed E-state index contributed by atoms with van der Waals surface area (Å²) in [7, 11) is 4.81. The van der Waals surface area contributed by atoms with E-state index in [1.54, 1.807) is 39.7 Å². The highest BCUT2D eigenvalue weighted by atomic mass is 16.5. The van der Waals surface area contributed by atoms with Gasteiger partial charge in [-0.05, 0) is 42.0 Å². The van der Waals surface area contributed by atoms with Crippen molar-refractivity contribution >= 4 is 17.3 Å². The van der Waals surface area contributed by atoms with E-state index in [9.17, 15) is 4.79 Å². The number of nitrogens with one attached hydrogen (secondary N) is 2. The van der Waals surface area contributed by atoms with Gasteiger partial charge in [0.05, 0.1) is 27.0 Å². The zero-order valence-electron chi connectivity index (χ0n) is 16.6. The van der Waals surface area contributed by atoms with Crippen molar-refractivity contribution in [2.75, 3.05) is 26.6 Å². The predicted octanol–water partition coefficient (Wildman–Crippen LogP) is 3.78. The third kappa shape index (κ3) is 5.16. The van der Waals surface area contributed by atoms with Gasteiger partial charge in [-0.25, -0.2) is 0 Å². The Morgan fingerprint density at radius 1 is 0.897 bits per heavy atom. The quantitative estimate of drug-likeness (QED) is 0.606. The molecule has 29 heavy (non-hydrogen) atoms. The molecule has 0 atom stereocenters. The summed E-state index contributed by atoms with van der Waals surface area (Å²) in [5.41, 5.74) is 2.71. The number of hydrogen-bond acceptors (Lipinski definition) is 6. The highest BCUT2D eigenvalue weighted by molar-refractivity contribution is 5.93. The lowest BCUT2D eigenvalue weighted by atomic mass is 10.2. The van der Waals surface area contributed by atoms with Gasteiger partial charge in [0.1, 0.15) is 22.9 Å². The van der Waals surface area contributed by atoms with E-state index in [4.69, 9.17) is 14.2 Å². The molecule has 0 spiro atoms. The Hall–Kier alpha value is -3.74. The molecule has 2 aromatic carbocycles. The van der Waals surface area contributed by atoms with Crippen LogP contribution in [-0.2, 0) is 6.54 Å². The molecule has 7 nitrogen and oxygen atoms in total. The maximum atomic E-state index is 12.5. The Morgan fingerprint density at radius 3 is 2.31 bits per heavy atom. The molecule has 0 fully saturated rings. The molecule has 1 heterocycles. The van der Waals surface area contributed by atoms with Gasteiger partial charge in [0.25, 0.3) is 5.91 Å². The molecule has 0 radical (unpaired) electrons. The van der Waals surface area contributed by atoms with Crippen LogP contribution in [0.2, 0.25) is 0 Å². The normalized spacial score (nSPS) is 10.2. The Balaban J connectivity index is 1.69. The van der Waals surface area contributed by atoms with Crippen molar-refractivity contribution < 1.29 is 19.0 Å². The molecule has 1 amide bonds. The number of hydrogen-bond donors (Lipinski definition) is 2. The van der Waals surface area contributed by atoms with Crippen molar-refractivity contribution in [3.63, 3.8) is 0 Å². The first-order valence-electron chi connectivity index (χ1n) is 8.99. The smallest absolute Gasteiger partial charge is 0.270 e. The van der Waals surface area contributed by atoms with Gasteiger partial charge in [-0.2, -0.15) is 0 Å². The second-order valence-electron chi connectivity index (χ2n) is 6.15. The molecule has 0 aliphatic heterocycles. The molecule has 7 heteroatoms. The number of rotatable bonds is 8. The summed E-state index contributed by atoms with van der Waals surface area (Å²) in [6.07, 6.45) is 1.58. The number of amides is 1. The van der Waals surface area contributed by atoms with Crippen LogP contribution in [0.15, 0.2) is 60.8 Å². The van der Waals surface area contributed by atoms with Crippen LogP contribution in [0.25, 0.3) is 0 Å². The fraction of sp³-hybridized carbons (Fsp3) is 0.182. The fourth-order valence-corrected chi connectivity index (χ4v) is 2.72. The first kappa shape index (κ1) is 20.0. The summed E-state index contributed by atoms with van der Waals surface area (Å²) in [6.45, 7) is 0.395. The number of carbonyl (C=O) groups excluding carboxylic acids is 1. The minimum Gasteiger partial charge on any atom is -0.497 e. The first-order chi connectivity index (χ1) is 14.1. The molecule has 3 aromatic rings. The fourth-order valence-electron chi connectivity index (χ4n) is 2.72. The third-order valence-electron chi connectivity index (χ3n) is 4.29. The number of benzene rings is 2. The molecular formula is C22H23N3O4. The maximum Gasteiger partial charge on any atom is 0.270 e. The van der Waals surface area contributed by atoms with Crippen molar-refractivity contribution in [1.29, 1.82) is 0 Å². The molecule has 0 bridgehead atoms. The van der Waals surface area contributed by atoms with E-state index in [0.717, 1.165) is 17.0 Å². The molecule has 0 saturated carbocycles. The van der Waals surface area contributed by atoms with Crippen LogP contribution in [0, 0.1) is 0 Å². The van der Waals surface area contributed by atoms with Gasteiger partial charge in [0.15, 0.2) is 0 Å². The van der Waals surface area contributed by atoms with E-state index in [0.29, 0.717) is 29.4 Å². The minimum atomic E-state index is -0.262. The molecule has 0 saturated heterocycles. The predicted molar refractivity (Wildman–Crippen MR) is 111 cm³/mol. The molecule has 0 aliphatic rings. The SMILES string of the molecule is COc1ccc(CNC(=O)c2cc(Nc3cc(OC)ccc3OC)ccn2)cc1. The summed E-state index contributed by atoms with van der Waals surface area (Å²) in [5.74, 6) is 1.86.